The number of fused-ring (bicyclic) bond motifs is 4. The third-order valence-corrected chi connectivity index (χ3v) is 5.40. The highest BCUT2D eigenvalue weighted by molar-refractivity contribution is 5.86. The number of hydrogen-bond acceptors (Lipinski definition) is 4. The van der Waals surface area contributed by atoms with Crippen molar-refractivity contribution >= 4 is 12.0 Å². The molecule has 1 aromatic heterocycles. The van der Waals surface area contributed by atoms with Gasteiger partial charge in [0.1, 0.15) is 11.6 Å². The molecule has 0 spiro atoms. The molecule has 0 aromatic carbocycles. The van der Waals surface area contributed by atoms with Crippen molar-refractivity contribution in [2.45, 2.75) is 65.1 Å². The number of aromatic nitrogens is 1. The second-order valence-electron chi connectivity index (χ2n) is 9.31. The summed E-state index contributed by atoms with van der Waals surface area (Å²) < 4.78 is 7.18. The van der Waals surface area contributed by atoms with E-state index in [1.165, 1.54) is 0 Å². The number of ether oxygens (including phenoxy) is 1. The van der Waals surface area contributed by atoms with E-state index in [4.69, 9.17) is 4.74 Å². The van der Waals surface area contributed by atoms with Gasteiger partial charge in [-0.15, -0.1) is 0 Å². The Morgan fingerprint density at radius 1 is 1.18 bits per heavy atom. The molecule has 3 atom stereocenters. The van der Waals surface area contributed by atoms with E-state index >= 15 is 0 Å². The van der Waals surface area contributed by atoms with Crippen LogP contribution in [0.15, 0.2) is 23.0 Å². The van der Waals surface area contributed by atoms with E-state index in [2.05, 4.69) is 5.32 Å². The SMILES string of the molecule is CC(C)[C@H](NC(=O)OC(C)(C)C)C(=O)N1C[C@H]2C[C@@H](C1)c1cccc(=O)n1C2. The third kappa shape index (κ3) is 4.39. The summed E-state index contributed by atoms with van der Waals surface area (Å²) in [7, 11) is 0. The van der Waals surface area contributed by atoms with Crippen molar-refractivity contribution in [2.24, 2.45) is 11.8 Å². The predicted octanol–water partition coefficient (Wildman–Crippen LogP) is 2.34. The molecule has 0 radical (unpaired) electrons. The minimum absolute atomic E-state index is 0.0265. The van der Waals surface area contributed by atoms with E-state index in [1.54, 1.807) is 32.9 Å². The van der Waals surface area contributed by atoms with Crippen LogP contribution in [-0.2, 0) is 16.1 Å². The maximum Gasteiger partial charge on any atom is 0.408 e. The number of piperidine rings is 1. The fourth-order valence-corrected chi connectivity index (χ4v) is 4.22. The monoisotopic (exact) mass is 389 g/mol. The molecule has 7 heteroatoms. The Labute approximate surface area is 166 Å². The molecule has 3 rings (SSSR count). The van der Waals surface area contributed by atoms with Gasteiger partial charge >= 0.3 is 6.09 Å². The second kappa shape index (κ2) is 7.60. The standard InChI is InChI=1S/C21H31N3O4/c1-13(2)18(22-20(27)28-21(3,4)5)19(26)23-10-14-9-15(12-23)16-7-6-8-17(25)24(16)11-14/h6-8,13-15,18H,9-12H2,1-5H3,(H,22,27)/t14-,15+,18+/m1/s1. The Morgan fingerprint density at radius 3 is 2.54 bits per heavy atom. The highest BCUT2D eigenvalue weighted by Crippen LogP contribution is 2.35. The predicted molar refractivity (Wildman–Crippen MR) is 106 cm³/mol. The first-order valence-corrected chi connectivity index (χ1v) is 10.0. The van der Waals surface area contributed by atoms with Crippen molar-refractivity contribution in [1.29, 1.82) is 0 Å². The summed E-state index contributed by atoms with van der Waals surface area (Å²) in [4.78, 5) is 39.5. The van der Waals surface area contributed by atoms with Crippen molar-refractivity contribution < 1.29 is 14.3 Å². The first kappa shape index (κ1) is 20.4. The van der Waals surface area contributed by atoms with E-state index in [1.807, 2.05) is 29.4 Å². The van der Waals surface area contributed by atoms with Gasteiger partial charge in [0, 0.05) is 37.3 Å². The second-order valence-corrected chi connectivity index (χ2v) is 9.31. The van der Waals surface area contributed by atoms with Crippen LogP contribution in [0, 0.1) is 11.8 Å². The van der Waals surface area contributed by atoms with Crippen LogP contribution in [-0.4, -0.2) is 46.2 Å². The molecule has 7 nitrogen and oxygen atoms in total. The van der Waals surface area contributed by atoms with Crippen LogP contribution < -0.4 is 10.9 Å². The van der Waals surface area contributed by atoms with Gasteiger partial charge in [0.15, 0.2) is 0 Å². The van der Waals surface area contributed by atoms with Gasteiger partial charge in [0.05, 0.1) is 0 Å². The smallest absolute Gasteiger partial charge is 0.408 e. The highest BCUT2D eigenvalue weighted by Gasteiger charge is 2.39. The Hall–Kier alpha value is -2.31. The lowest BCUT2D eigenvalue weighted by atomic mass is 9.82. The number of likely N-dealkylation sites (tertiary alicyclic amines) is 1. The quantitative estimate of drug-likeness (QED) is 0.860. The molecule has 2 bridgehead atoms. The van der Waals surface area contributed by atoms with Gasteiger partial charge in [-0.1, -0.05) is 19.9 Å². The Kier molecular flexibility index (Phi) is 5.55. The van der Waals surface area contributed by atoms with Crippen molar-refractivity contribution in [3.8, 4) is 0 Å². The van der Waals surface area contributed by atoms with Gasteiger partial charge < -0.3 is 19.5 Å². The fourth-order valence-electron chi connectivity index (χ4n) is 4.22. The van der Waals surface area contributed by atoms with Crippen molar-refractivity contribution in [3.63, 3.8) is 0 Å². The summed E-state index contributed by atoms with van der Waals surface area (Å²) >= 11 is 0. The fraction of sp³-hybridized carbons (Fsp3) is 0.667. The zero-order valence-electron chi connectivity index (χ0n) is 17.4. The molecule has 2 aliphatic heterocycles. The average molecular weight is 389 g/mol. The molecule has 1 N–H and O–H groups in total. The normalized spacial score (nSPS) is 22.4. The first-order chi connectivity index (χ1) is 13.0. The largest absolute Gasteiger partial charge is 0.444 e. The van der Waals surface area contributed by atoms with Gasteiger partial charge in [-0.2, -0.15) is 0 Å². The number of carbonyl (C=O) groups excluding carboxylic acids is 2. The van der Waals surface area contributed by atoms with Crippen molar-refractivity contribution in [1.82, 2.24) is 14.8 Å². The minimum Gasteiger partial charge on any atom is -0.444 e. The molecular weight excluding hydrogens is 358 g/mol. The Morgan fingerprint density at radius 2 is 1.89 bits per heavy atom. The Balaban J connectivity index is 1.75. The molecular formula is C21H31N3O4. The zero-order valence-corrected chi connectivity index (χ0v) is 17.4. The van der Waals surface area contributed by atoms with Crippen LogP contribution in [0.25, 0.3) is 0 Å². The third-order valence-electron chi connectivity index (χ3n) is 5.40. The topological polar surface area (TPSA) is 80.6 Å². The Bertz CT molecular complexity index is 809. The number of hydrogen-bond donors (Lipinski definition) is 1. The summed E-state index contributed by atoms with van der Waals surface area (Å²) in [5, 5.41) is 2.76. The number of pyridine rings is 1. The van der Waals surface area contributed by atoms with Crippen LogP contribution in [0.4, 0.5) is 4.79 Å². The van der Waals surface area contributed by atoms with Crippen LogP contribution >= 0.6 is 0 Å². The lowest BCUT2D eigenvalue weighted by Gasteiger charge is -2.44. The molecule has 0 saturated carbocycles. The van der Waals surface area contributed by atoms with E-state index in [0.717, 1.165) is 12.1 Å². The van der Waals surface area contributed by atoms with E-state index < -0.39 is 17.7 Å². The minimum atomic E-state index is -0.633. The van der Waals surface area contributed by atoms with Crippen LogP contribution in [0.2, 0.25) is 0 Å². The zero-order chi connectivity index (χ0) is 20.6. The lowest BCUT2D eigenvalue weighted by Crippen LogP contribution is -2.56. The van der Waals surface area contributed by atoms with Gasteiger partial charge in [0.2, 0.25) is 5.91 Å². The van der Waals surface area contributed by atoms with Crippen LogP contribution in [0.3, 0.4) is 0 Å². The molecule has 154 valence electrons. The summed E-state index contributed by atoms with van der Waals surface area (Å²) in [5.74, 6) is 0.267. The number of carbonyl (C=O) groups is 2. The molecule has 1 fully saturated rings. The summed E-state index contributed by atoms with van der Waals surface area (Å²) in [5.41, 5.74) is 0.411. The van der Waals surface area contributed by atoms with Gasteiger partial charge in [-0.3, -0.25) is 9.59 Å². The average Bonchev–Trinajstić information content (AvgIpc) is 2.58. The number of rotatable bonds is 3. The van der Waals surface area contributed by atoms with E-state index in [-0.39, 0.29) is 29.2 Å². The summed E-state index contributed by atoms with van der Waals surface area (Å²) in [6.45, 7) is 11.0. The molecule has 3 heterocycles. The lowest BCUT2D eigenvalue weighted by molar-refractivity contribution is -0.137. The molecule has 2 aliphatic rings. The van der Waals surface area contributed by atoms with Crippen LogP contribution in [0.1, 0.15) is 52.7 Å². The number of nitrogens with one attached hydrogen (secondary N) is 1. The van der Waals surface area contributed by atoms with E-state index in [0.29, 0.717) is 19.6 Å². The maximum atomic E-state index is 13.2. The molecule has 0 aliphatic carbocycles. The first-order valence-electron chi connectivity index (χ1n) is 10.0. The summed E-state index contributed by atoms with van der Waals surface area (Å²) in [6.07, 6.45) is 0.410. The molecule has 0 unspecified atom stereocenters. The van der Waals surface area contributed by atoms with Gasteiger partial charge in [-0.05, 0) is 45.1 Å². The van der Waals surface area contributed by atoms with Crippen molar-refractivity contribution in [3.05, 3.63) is 34.2 Å². The number of amides is 2. The molecule has 1 saturated heterocycles. The molecule has 1 aromatic rings. The van der Waals surface area contributed by atoms with E-state index in [9.17, 15) is 14.4 Å². The summed E-state index contributed by atoms with van der Waals surface area (Å²) in [6, 6.07) is 4.73. The number of alkyl carbamates (subject to hydrolysis) is 1. The van der Waals surface area contributed by atoms with Gasteiger partial charge in [0.25, 0.3) is 5.56 Å². The van der Waals surface area contributed by atoms with Crippen LogP contribution in [0.5, 0.6) is 0 Å². The van der Waals surface area contributed by atoms with Gasteiger partial charge in [-0.25, -0.2) is 4.79 Å². The maximum absolute atomic E-state index is 13.2. The number of nitrogens with zero attached hydrogens (tertiary/aromatic N) is 2. The highest BCUT2D eigenvalue weighted by atomic mass is 16.6. The van der Waals surface area contributed by atoms with Crippen molar-refractivity contribution in [2.75, 3.05) is 13.1 Å². The molecule has 2 amide bonds. The molecule has 28 heavy (non-hydrogen) atoms.